The van der Waals surface area contributed by atoms with Crippen molar-refractivity contribution in [1.82, 2.24) is 5.32 Å². The first-order valence-electron chi connectivity index (χ1n) is 5.71. The fourth-order valence-electron chi connectivity index (χ4n) is 1.63. The first kappa shape index (κ1) is 14.0. The van der Waals surface area contributed by atoms with E-state index in [-0.39, 0.29) is 0 Å². The van der Waals surface area contributed by atoms with E-state index in [1.807, 2.05) is 19.1 Å². The summed E-state index contributed by atoms with van der Waals surface area (Å²) >= 11 is 5.80. The number of rotatable bonds is 6. The molecule has 0 aliphatic rings. The van der Waals surface area contributed by atoms with Gasteiger partial charge in [0.25, 0.3) is 0 Å². The van der Waals surface area contributed by atoms with E-state index in [4.69, 9.17) is 11.6 Å². The molecule has 0 aromatic heterocycles. The second kappa shape index (κ2) is 6.03. The Morgan fingerprint density at radius 3 is 2.47 bits per heavy atom. The quantitative estimate of drug-likeness (QED) is 0.822. The lowest BCUT2D eigenvalue weighted by Gasteiger charge is -2.26. The maximum absolute atomic E-state index is 11.3. The van der Waals surface area contributed by atoms with Crippen LogP contribution in [0.25, 0.3) is 0 Å². The molecule has 17 heavy (non-hydrogen) atoms. The van der Waals surface area contributed by atoms with Crippen LogP contribution in [0, 0.1) is 0 Å². The largest absolute Gasteiger partial charge is 0.480 e. The maximum Gasteiger partial charge on any atom is 0.323 e. The molecular weight excluding hydrogens is 238 g/mol. The third-order valence-electron chi connectivity index (χ3n) is 2.71. The van der Waals surface area contributed by atoms with Crippen molar-refractivity contribution in [3.05, 3.63) is 34.9 Å². The van der Waals surface area contributed by atoms with Crippen molar-refractivity contribution in [2.24, 2.45) is 0 Å². The summed E-state index contributed by atoms with van der Waals surface area (Å²) in [5.74, 6) is -0.832. The highest BCUT2D eigenvalue weighted by Crippen LogP contribution is 2.16. The average Bonchev–Trinajstić information content (AvgIpc) is 2.29. The highest BCUT2D eigenvalue weighted by atomic mass is 35.5. The summed E-state index contributed by atoms with van der Waals surface area (Å²) in [6, 6.07) is 7.27. The molecule has 1 aromatic carbocycles. The van der Waals surface area contributed by atoms with E-state index in [0.717, 1.165) is 12.0 Å². The number of carboxylic acids is 1. The van der Waals surface area contributed by atoms with E-state index < -0.39 is 11.5 Å². The molecule has 1 unspecified atom stereocenters. The second-order valence-electron chi connectivity index (χ2n) is 4.37. The average molecular weight is 256 g/mol. The van der Waals surface area contributed by atoms with Gasteiger partial charge >= 0.3 is 5.97 Å². The lowest BCUT2D eigenvalue weighted by Crippen LogP contribution is -2.51. The lowest BCUT2D eigenvalue weighted by molar-refractivity contribution is -0.144. The zero-order valence-electron chi connectivity index (χ0n) is 10.2. The molecule has 1 rings (SSSR count). The summed E-state index contributed by atoms with van der Waals surface area (Å²) < 4.78 is 0. The minimum absolute atomic E-state index is 0.444. The Hall–Kier alpha value is -1.06. The summed E-state index contributed by atoms with van der Waals surface area (Å²) in [6.45, 7) is 4.41. The number of carboxylic acid groups (broad SMARTS) is 1. The Balaban J connectivity index is 2.79. The molecular formula is C13H18ClNO2. The van der Waals surface area contributed by atoms with Crippen LogP contribution in [-0.4, -0.2) is 23.2 Å². The summed E-state index contributed by atoms with van der Waals surface area (Å²) in [5, 5.41) is 13.0. The highest BCUT2D eigenvalue weighted by molar-refractivity contribution is 6.30. The van der Waals surface area contributed by atoms with Crippen molar-refractivity contribution >= 4 is 17.6 Å². The Morgan fingerprint density at radius 2 is 2.00 bits per heavy atom. The molecule has 0 aliphatic heterocycles. The first-order valence-corrected chi connectivity index (χ1v) is 6.08. The summed E-state index contributed by atoms with van der Waals surface area (Å²) in [7, 11) is 0. The summed E-state index contributed by atoms with van der Waals surface area (Å²) in [5.41, 5.74) is 0.0343. The van der Waals surface area contributed by atoms with E-state index in [2.05, 4.69) is 5.32 Å². The van der Waals surface area contributed by atoms with E-state index in [1.165, 1.54) is 0 Å². The van der Waals surface area contributed by atoms with Gasteiger partial charge in [-0.25, -0.2) is 0 Å². The van der Waals surface area contributed by atoms with Gasteiger partial charge in [-0.05, 0) is 37.6 Å². The van der Waals surface area contributed by atoms with Gasteiger partial charge in [-0.1, -0.05) is 30.7 Å². The normalized spacial score (nSPS) is 14.3. The van der Waals surface area contributed by atoms with Crippen molar-refractivity contribution < 1.29 is 9.90 Å². The Bertz CT molecular complexity index is 378. The molecule has 0 saturated carbocycles. The molecule has 0 bridgehead atoms. The van der Waals surface area contributed by atoms with Crippen molar-refractivity contribution in [1.29, 1.82) is 0 Å². The molecule has 1 atom stereocenters. The van der Waals surface area contributed by atoms with Crippen LogP contribution in [0.3, 0.4) is 0 Å². The minimum atomic E-state index is -0.927. The van der Waals surface area contributed by atoms with Crippen molar-refractivity contribution in [2.45, 2.75) is 32.2 Å². The molecule has 0 saturated heterocycles. The van der Waals surface area contributed by atoms with Crippen LogP contribution in [0.5, 0.6) is 0 Å². The van der Waals surface area contributed by atoms with Gasteiger partial charge in [-0.3, -0.25) is 4.79 Å². The van der Waals surface area contributed by atoms with Crippen LogP contribution in [0.4, 0.5) is 0 Å². The molecule has 94 valence electrons. The number of hydrogen-bond donors (Lipinski definition) is 2. The van der Waals surface area contributed by atoms with Crippen LogP contribution < -0.4 is 5.32 Å². The van der Waals surface area contributed by atoms with E-state index in [1.54, 1.807) is 19.1 Å². The predicted octanol–water partition coefficient (Wildman–Crippen LogP) is 2.73. The summed E-state index contributed by atoms with van der Waals surface area (Å²) in [4.78, 5) is 11.3. The fourth-order valence-corrected chi connectivity index (χ4v) is 1.75. The predicted molar refractivity (Wildman–Crippen MR) is 69.5 cm³/mol. The SMILES string of the molecule is CCCNC(C)(Cc1ccc(Cl)cc1)C(=O)O. The molecule has 0 heterocycles. The monoisotopic (exact) mass is 255 g/mol. The molecule has 0 fully saturated rings. The number of nitrogens with one attached hydrogen (secondary N) is 1. The fraction of sp³-hybridized carbons (Fsp3) is 0.462. The minimum Gasteiger partial charge on any atom is -0.480 e. The molecule has 0 aliphatic carbocycles. The van der Waals surface area contributed by atoms with Gasteiger partial charge in [0.1, 0.15) is 5.54 Å². The first-order chi connectivity index (χ1) is 7.98. The maximum atomic E-state index is 11.3. The Morgan fingerprint density at radius 1 is 1.41 bits per heavy atom. The second-order valence-corrected chi connectivity index (χ2v) is 4.80. The third kappa shape index (κ3) is 4.02. The number of aliphatic carboxylic acids is 1. The van der Waals surface area contributed by atoms with Crippen LogP contribution >= 0.6 is 11.6 Å². The van der Waals surface area contributed by atoms with Crippen LogP contribution in [0.1, 0.15) is 25.8 Å². The number of carbonyl (C=O) groups is 1. The van der Waals surface area contributed by atoms with Crippen molar-refractivity contribution in [2.75, 3.05) is 6.54 Å². The zero-order chi connectivity index (χ0) is 12.9. The van der Waals surface area contributed by atoms with E-state index in [9.17, 15) is 9.90 Å². The molecule has 1 aromatic rings. The molecule has 2 N–H and O–H groups in total. The highest BCUT2D eigenvalue weighted by Gasteiger charge is 2.32. The standard InChI is InChI=1S/C13H18ClNO2/c1-3-8-15-13(2,12(16)17)9-10-4-6-11(14)7-5-10/h4-7,15H,3,8-9H2,1-2H3,(H,16,17). The van der Waals surface area contributed by atoms with Gasteiger partial charge in [0.05, 0.1) is 0 Å². The zero-order valence-corrected chi connectivity index (χ0v) is 10.9. The van der Waals surface area contributed by atoms with Crippen LogP contribution in [0.2, 0.25) is 5.02 Å². The number of benzene rings is 1. The van der Waals surface area contributed by atoms with Gasteiger partial charge in [-0.15, -0.1) is 0 Å². The molecule has 0 spiro atoms. The topological polar surface area (TPSA) is 49.3 Å². The van der Waals surface area contributed by atoms with Gasteiger partial charge in [0.2, 0.25) is 0 Å². The van der Waals surface area contributed by atoms with Crippen LogP contribution in [0.15, 0.2) is 24.3 Å². The van der Waals surface area contributed by atoms with E-state index in [0.29, 0.717) is 18.0 Å². The van der Waals surface area contributed by atoms with Gasteiger partial charge in [0.15, 0.2) is 0 Å². The Kier molecular flexibility index (Phi) is 4.97. The molecule has 0 radical (unpaired) electrons. The lowest BCUT2D eigenvalue weighted by atomic mass is 9.93. The number of hydrogen-bond acceptors (Lipinski definition) is 2. The number of halogens is 1. The van der Waals surface area contributed by atoms with Crippen LogP contribution in [-0.2, 0) is 11.2 Å². The molecule has 4 heteroatoms. The molecule has 0 amide bonds. The van der Waals surface area contributed by atoms with Gasteiger partial charge < -0.3 is 10.4 Å². The third-order valence-corrected chi connectivity index (χ3v) is 2.96. The smallest absolute Gasteiger partial charge is 0.323 e. The molecule has 3 nitrogen and oxygen atoms in total. The van der Waals surface area contributed by atoms with Gasteiger partial charge in [0, 0.05) is 11.4 Å². The van der Waals surface area contributed by atoms with E-state index >= 15 is 0 Å². The summed E-state index contributed by atoms with van der Waals surface area (Å²) in [6.07, 6.45) is 1.35. The van der Waals surface area contributed by atoms with Crippen molar-refractivity contribution in [3.63, 3.8) is 0 Å². The Labute approximate surface area is 107 Å². The van der Waals surface area contributed by atoms with Gasteiger partial charge in [-0.2, -0.15) is 0 Å². The van der Waals surface area contributed by atoms with Crippen molar-refractivity contribution in [3.8, 4) is 0 Å².